The highest BCUT2D eigenvalue weighted by atomic mass is 16.6. The van der Waals surface area contributed by atoms with Crippen molar-refractivity contribution in [2.24, 2.45) is 5.73 Å². The summed E-state index contributed by atoms with van der Waals surface area (Å²) in [5, 5.41) is 0. The molecular formula is C13H21NO6. The van der Waals surface area contributed by atoms with Gasteiger partial charge in [-0.2, -0.15) is 0 Å². The van der Waals surface area contributed by atoms with Gasteiger partial charge in [-0.05, 0) is 20.8 Å². The van der Waals surface area contributed by atoms with Crippen LogP contribution < -0.4 is 5.73 Å². The molecule has 0 saturated carbocycles. The Morgan fingerprint density at radius 3 is 1.40 bits per heavy atom. The summed E-state index contributed by atoms with van der Waals surface area (Å²) in [4.78, 5) is 31.3. The molecule has 0 heterocycles. The third kappa shape index (κ3) is 13.8. The second-order valence-electron chi connectivity index (χ2n) is 3.58. The van der Waals surface area contributed by atoms with Crippen LogP contribution in [-0.4, -0.2) is 37.9 Å². The monoisotopic (exact) mass is 287 g/mol. The zero-order chi connectivity index (χ0) is 16.1. The molecule has 0 aliphatic heterocycles. The van der Waals surface area contributed by atoms with E-state index in [0.717, 1.165) is 0 Å². The Balaban J connectivity index is 0. The highest BCUT2D eigenvalue weighted by Gasteiger charge is 2.05. The Bertz CT molecular complexity index is 347. The first-order valence-electron chi connectivity index (χ1n) is 5.79. The predicted molar refractivity (Wildman–Crippen MR) is 72.8 cm³/mol. The Kier molecular flexibility index (Phi) is 11.8. The fourth-order valence-corrected chi connectivity index (χ4v) is 0.657. The molecule has 0 aromatic carbocycles. The van der Waals surface area contributed by atoms with Crippen LogP contribution in [0.25, 0.3) is 0 Å². The first-order valence-corrected chi connectivity index (χ1v) is 5.79. The lowest BCUT2D eigenvalue weighted by atomic mass is 10.4. The van der Waals surface area contributed by atoms with Crippen LogP contribution in [0.4, 0.5) is 4.79 Å². The summed E-state index contributed by atoms with van der Waals surface area (Å²) in [6.45, 7) is 12.0. The molecule has 2 N–H and O–H groups in total. The van der Waals surface area contributed by atoms with Crippen molar-refractivity contribution in [3.63, 3.8) is 0 Å². The predicted octanol–water partition coefficient (Wildman–Crippen LogP) is 1.33. The van der Waals surface area contributed by atoms with Crippen molar-refractivity contribution in [1.82, 2.24) is 0 Å². The van der Waals surface area contributed by atoms with Gasteiger partial charge in [-0.25, -0.2) is 14.4 Å². The smallest absolute Gasteiger partial charge is 0.404 e. The number of esters is 2. The van der Waals surface area contributed by atoms with E-state index in [4.69, 9.17) is 0 Å². The Morgan fingerprint density at radius 1 is 0.900 bits per heavy atom. The van der Waals surface area contributed by atoms with Gasteiger partial charge < -0.3 is 19.9 Å². The van der Waals surface area contributed by atoms with Crippen LogP contribution in [0, 0.1) is 0 Å². The molecule has 0 aliphatic rings. The van der Waals surface area contributed by atoms with Gasteiger partial charge in [0, 0.05) is 11.1 Å². The van der Waals surface area contributed by atoms with Gasteiger partial charge in [-0.1, -0.05) is 13.2 Å². The molecule has 0 spiro atoms. The van der Waals surface area contributed by atoms with E-state index in [1.807, 2.05) is 0 Å². The van der Waals surface area contributed by atoms with E-state index >= 15 is 0 Å². The van der Waals surface area contributed by atoms with Gasteiger partial charge in [-0.15, -0.1) is 0 Å². The maximum Gasteiger partial charge on any atom is 0.404 e. The standard InChI is InChI=1S/C10H14O4.C3H7NO2/c1-7(2)9(11)13-5-6-14-10(12)8(3)4;1-2-6-3(4)5/h1,3,5-6H2,2,4H3;2H2,1H3,(H2,4,5). The zero-order valence-corrected chi connectivity index (χ0v) is 12.1. The molecule has 7 heteroatoms. The van der Waals surface area contributed by atoms with E-state index in [1.165, 1.54) is 0 Å². The van der Waals surface area contributed by atoms with E-state index in [9.17, 15) is 14.4 Å². The van der Waals surface area contributed by atoms with Crippen LogP contribution in [0.1, 0.15) is 20.8 Å². The average molecular weight is 287 g/mol. The summed E-state index contributed by atoms with van der Waals surface area (Å²) in [5.41, 5.74) is 5.17. The maximum atomic E-state index is 10.8. The number of amides is 1. The average Bonchev–Trinajstić information content (AvgIpc) is 2.34. The summed E-state index contributed by atoms with van der Waals surface area (Å²) in [7, 11) is 0. The van der Waals surface area contributed by atoms with Gasteiger partial charge in [0.05, 0.1) is 6.61 Å². The van der Waals surface area contributed by atoms with Crippen molar-refractivity contribution in [2.75, 3.05) is 19.8 Å². The summed E-state index contributed by atoms with van der Waals surface area (Å²) in [6, 6.07) is 0. The van der Waals surface area contributed by atoms with Crippen LogP contribution in [-0.2, 0) is 23.8 Å². The molecule has 0 aliphatic carbocycles. The normalized spacial score (nSPS) is 8.55. The van der Waals surface area contributed by atoms with Crippen molar-refractivity contribution in [3.8, 4) is 0 Å². The third-order valence-corrected chi connectivity index (χ3v) is 1.53. The lowest BCUT2D eigenvalue weighted by Gasteiger charge is -2.05. The topological polar surface area (TPSA) is 105 Å². The van der Waals surface area contributed by atoms with Crippen molar-refractivity contribution >= 4 is 18.0 Å². The summed E-state index contributed by atoms with van der Waals surface area (Å²) in [5.74, 6) is -0.979. The molecular weight excluding hydrogens is 266 g/mol. The zero-order valence-electron chi connectivity index (χ0n) is 12.1. The minimum absolute atomic E-state index is 0.0325. The molecule has 0 unspecified atom stereocenters. The van der Waals surface area contributed by atoms with E-state index in [-0.39, 0.29) is 13.2 Å². The number of hydrogen-bond donors (Lipinski definition) is 1. The van der Waals surface area contributed by atoms with E-state index in [2.05, 4.69) is 33.1 Å². The summed E-state index contributed by atoms with van der Waals surface area (Å²) >= 11 is 0. The number of hydrogen-bond acceptors (Lipinski definition) is 6. The van der Waals surface area contributed by atoms with Crippen molar-refractivity contribution in [1.29, 1.82) is 0 Å². The first kappa shape index (κ1) is 20.0. The lowest BCUT2D eigenvalue weighted by molar-refractivity contribution is -0.147. The van der Waals surface area contributed by atoms with Crippen molar-refractivity contribution in [3.05, 3.63) is 24.3 Å². The number of carbonyl (C=O) groups excluding carboxylic acids is 3. The van der Waals surface area contributed by atoms with Crippen LogP contribution in [0.5, 0.6) is 0 Å². The highest BCUT2D eigenvalue weighted by Crippen LogP contribution is 1.94. The fraction of sp³-hybridized carbons (Fsp3) is 0.462. The maximum absolute atomic E-state index is 10.8. The molecule has 0 saturated heterocycles. The largest absolute Gasteiger partial charge is 0.459 e. The van der Waals surface area contributed by atoms with Gasteiger partial charge in [-0.3, -0.25) is 0 Å². The Hall–Kier alpha value is -2.31. The van der Waals surface area contributed by atoms with Crippen molar-refractivity contribution < 1.29 is 28.6 Å². The summed E-state index contributed by atoms with van der Waals surface area (Å²) < 4.78 is 13.6. The number of primary amides is 1. The lowest BCUT2D eigenvalue weighted by Crippen LogP contribution is -2.14. The molecule has 0 radical (unpaired) electrons. The second-order valence-corrected chi connectivity index (χ2v) is 3.58. The minimum atomic E-state index is -0.711. The number of nitrogens with two attached hydrogens (primary N) is 1. The molecule has 0 atom stereocenters. The first-order chi connectivity index (χ1) is 9.22. The van der Waals surface area contributed by atoms with Crippen molar-refractivity contribution in [2.45, 2.75) is 20.8 Å². The van der Waals surface area contributed by atoms with E-state index in [1.54, 1.807) is 20.8 Å². The third-order valence-electron chi connectivity index (χ3n) is 1.53. The van der Waals surface area contributed by atoms with Crippen LogP contribution >= 0.6 is 0 Å². The van der Waals surface area contributed by atoms with Gasteiger partial charge >= 0.3 is 18.0 Å². The van der Waals surface area contributed by atoms with Crippen LogP contribution in [0.3, 0.4) is 0 Å². The molecule has 0 rings (SSSR count). The molecule has 0 aromatic rings. The molecule has 0 bridgehead atoms. The second kappa shape index (κ2) is 11.8. The van der Waals surface area contributed by atoms with Crippen LogP contribution in [0.15, 0.2) is 24.3 Å². The van der Waals surface area contributed by atoms with Gasteiger partial charge in [0.25, 0.3) is 0 Å². The quantitative estimate of drug-likeness (QED) is 0.342. The highest BCUT2D eigenvalue weighted by molar-refractivity contribution is 5.87. The summed E-state index contributed by atoms with van der Waals surface area (Å²) in [6.07, 6.45) is -0.711. The number of rotatable bonds is 6. The number of carbonyl (C=O) groups is 3. The fourth-order valence-electron chi connectivity index (χ4n) is 0.657. The molecule has 20 heavy (non-hydrogen) atoms. The van der Waals surface area contributed by atoms with Gasteiger partial charge in [0.2, 0.25) is 0 Å². The Labute approximate surface area is 118 Å². The molecule has 0 aromatic heterocycles. The van der Waals surface area contributed by atoms with Gasteiger partial charge in [0.1, 0.15) is 13.2 Å². The number of ether oxygens (including phenoxy) is 3. The van der Waals surface area contributed by atoms with E-state index in [0.29, 0.717) is 17.8 Å². The molecule has 114 valence electrons. The minimum Gasteiger partial charge on any atom is -0.459 e. The van der Waals surface area contributed by atoms with Crippen LogP contribution in [0.2, 0.25) is 0 Å². The molecule has 0 fully saturated rings. The molecule has 1 amide bonds. The van der Waals surface area contributed by atoms with Gasteiger partial charge in [0.15, 0.2) is 0 Å². The molecule has 7 nitrogen and oxygen atoms in total. The SMILES string of the molecule is C=C(C)C(=O)OCCOC(=O)C(=C)C.CCOC(N)=O. The Morgan fingerprint density at radius 2 is 1.25 bits per heavy atom. The van der Waals surface area contributed by atoms with E-state index < -0.39 is 18.0 Å².